The Hall–Kier alpha value is -0.650. The van der Waals surface area contributed by atoms with Crippen LogP contribution in [0.1, 0.15) is 24.6 Å². The molecule has 0 spiro atoms. The van der Waals surface area contributed by atoms with Gasteiger partial charge in [-0.3, -0.25) is 0 Å². The lowest BCUT2D eigenvalue weighted by atomic mass is 9.87. The first kappa shape index (κ1) is 8.93. The van der Waals surface area contributed by atoms with Crippen molar-refractivity contribution in [2.24, 2.45) is 0 Å². The predicted molar refractivity (Wildman–Crippen MR) is 47.0 cm³/mol. The van der Waals surface area contributed by atoms with Crippen LogP contribution >= 0.6 is 11.8 Å². The minimum absolute atomic E-state index is 0.0114. The first-order valence-electron chi connectivity index (χ1n) is 4.21. The molecule has 1 aliphatic rings. The minimum atomic E-state index is -0.0114. The highest BCUT2D eigenvalue weighted by molar-refractivity contribution is 6.13. The van der Waals surface area contributed by atoms with Crippen molar-refractivity contribution in [2.45, 2.75) is 31.5 Å². The first-order chi connectivity index (χ1) is 6.35. The van der Waals surface area contributed by atoms with Crippen molar-refractivity contribution < 1.29 is 5.11 Å². The van der Waals surface area contributed by atoms with Gasteiger partial charge >= 0.3 is 0 Å². The molecule has 2 rings (SSSR count). The molecule has 6 heteroatoms. The lowest BCUT2D eigenvalue weighted by molar-refractivity contribution is 0.204. The highest BCUT2D eigenvalue weighted by Crippen LogP contribution is 2.32. The number of aliphatic hydroxyl groups is 1. The quantitative estimate of drug-likeness (QED) is 0.689. The van der Waals surface area contributed by atoms with Crippen molar-refractivity contribution in [3.05, 3.63) is 11.9 Å². The van der Waals surface area contributed by atoms with Gasteiger partial charge in [0.25, 0.3) is 0 Å². The summed E-state index contributed by atoms with van der Waals surface area (Å²) in [6.07, 6.45) is 3.47. The Morgan fingerprint density at radius 3 is 3.08 bits per heavy atom. The van der Waals surface area contributed by atoms with Gasteiger partial charge in [-0.25, -0.2) is 9.52 Å². The molecule has 0 unspecified atom stereocenters. The van der Waals surface area contributed by atoms with Gasteiger partial charge in [-0.15, -0.1) is 5.10 Å². The summed E-state index contributed by atoms with van der Waals surface area (Å²) in [7, 11) is 0. The molecule has 13 heavy (non-hydrogen) atoms. The number of hydrogen-bond donors (Lipinski definition) is 2. The maximum atomic E-state index is 8.96. The van der Waals surface area contributed by atoms with Crippen LogP contribution in [0.5, 0.6) is 0 Å². The van der Waals surface area contributed by atoms with Crippen LogP contribution in [-0.2, 0) is 6.61 Å². The number of halogens is 1. The van der Waals surface area contributed by atoms with Gasteiger partial charge in [0.15, 0.2) is 0 Å². The Bertz CT molecular complexity index is 284. The Morgan fingerprint density at radius 2 is 2.46 bits per heavy atom. The summed E-state index contributed by atoms with van der Waals surface area (Å²) in [4.78, 5) is 2.68. The molecule has 1 heterocycles. The molecule has 1 aromatic heterocycles. The fraction of sp³-hybridized carbons (Fsp3) is 0.714. The van der Waals surface area contributed by atoms with Crippen LogP contribution in [0, 0.1) is 0 Å². The number of aromatic nitrogens is 3. The summed E-state index contributed by atoms with van der Waals surface area (Å²) in [5, 5.41) is 16.6. The monoisotopic (exact) mass is 202 g/mol. The van der Waals surface area contributed by atoms with Gasteiger partial charge in [-0.1, -0.05) is 5.21 Å². The maximum Gasteiger partial charge on any atom is 0.0866 e. The molecule has 2 N–H and O–H groups in total. The molecule has 5 nitrogen and oxygen atoms in total. The molecule has 1 aliphatic carbocycles. The molecular weight excluding hydrogens is 192 g/mol. The molecule has 1 aromatic rings. The SMILES string of the molecule is OCc1cnnn1[C@H]1C[C@H](NCl)C1. The van der Waals surface area contributed by atoms with Crippen LogP contribution in [0.25, 0.3) is 0 Å². The van der Waals surface area contributed by atoms with Gasteiger partial charge < -0.3 is 5.11 Å². The van der Waals surface area contributed by atoms with Gasteiger partial charge in [-0.05, 0) is 24.6 Å². The zero-order valence-corrected chi connectivity index (χ0v) is 7.78. The Morgan fingerprint density at radius 1 is 1.69 bits per heavy atom. The Kier molecular flexibility index (Phi) is 2.48. The van der Waals surface area contributed by atoms with Gasteiger partial charge in [0.1, 0.15) is 0 Å². The lowest BCUT2D eigenvalue weighted by Gasteiger charge is -2.34. The molecule has 1 saturated carbocycles. The maximum absolute atomic E-state index is 8.96. The second-order valence-electron chi connectivity index (χ2n) is 3.26. The largest absolute Gasteiger partial charge is 0.390 e. The fourth-order valence-electron chi connectivity index (χ4n) is 1.56. The average Bonchev–Trinajstić information content (AvgIpc) is 2.50. The first-order valence-corrected chi connectivity index (χ1v) is 4.59. The molecule has 0 aliphatic heterocycles. The van der Waals surface area contributed by atoms with Crippen molar-refractivity contribution in [3.8, 4) is 0 Å². The standard InChI is InChI=1S/C7H11ClN4O/c8-10-5-1-6(2-5)12-7(4-13)3-9-11-12/h3,5-6,10,13H,1-2,4H2/t5-,6-. The third kappa shape index (κ3) is 1.54. The molecule has 0 bridgehead atoms. The number of nitrogens with zero attached hydrogens (tertiary/aromatic N) is 3. The summed E-state index contributed by atoms with van der Waals surface area (Å²) >= 11 is 5.46. The van der Waals surface area contributed by atoms with E-state index in [0.29, 0.717) is 12.1 Å². The van der Waals surface area contributed by atoms with Gasteiger partial charge in [0.05, 0.1) is 24.5 Å². The van der Waals surface area contributed by atoms with Crippen molar-refractivity contribution >= 4 is 11.8 Å². The minimum Gasteiger partial charge on any atom is -0.390 e. The highest BCUT2D eigenvalue weighted by Gasteiger charge is 2.31. The normalized spacial score (nSPS) is 27.2. The number of aliphatic hydroxyl groups excluding tert-OH is 1. The van der Waals surface area contributed by atoms with E-state index in [0.717, 1.165) is 18.5 Å². The smallest absolute Gasteiger partial charge is 0.0866 e. The molecule has 0 radical (unpaired) electrons. The predicted octanol–water partition coefficient (Wildman–Crippen LogP) is 0.217. The second kappa shape index (κ2) is 3.61. The van der Waals surface area contributed by atoms with Crippen molar-refractivity contribution in [2.75, 3.05) is 0 Å². The zero-order chi connectivity index (χ0) is 9.26. The van der Waals surface area contributed by atoms with E-state index < -0.39 is 0 Å². The molecule has 0 aromatic carbocycles. The van der Waals surface area contributed by atoms with Crippen LogP contribution in [0.4, 0.5) is 0 Å². The lowest BCUT2D eigenvalue weighted by Crippen LogP contribution is -2.38. The molecular formula is C7H11ClN4O. The van der Waals surface area contributed by atoms with Crippen LogP contribution in [-0.4, -0.2) is 26.1 Å². The van der Waals surface area contributed by atoms with E-state index in [1.807, 2.05) is 0 Å². The van der Waals surface area contributed by atoms with E-state index in [-0.39, 0.29) is 6.61 Å². The average molecular weight is 203 g/mol. The zero-order valence-electron chi connectivity index (χ0n) is 7.02. The molecule has 1 fully saturated rings. The molecule has 72 valence electrons. The molecule has 0 saturated heterocycles. The van der Waals surface area contributed by atoms with Crippen LogP contribution in [0.15, 0.2) is 6.20 Å². The summed E-state index contributed by atoms with van der Waals surface area (Å²) in [6.45, 7) is -0.0114. The van der Waals surface area contributed by atoms with Crippen LogP contribution in [0.3, 0.4) is 0 Å². The van der Waals surface area contributed by atoms with E-state index in [9.17, 15) is 0 Å². The van der Waals surface area contributed by atoms with E-state index in [1.54, 1.807) is 10.9 Å². The van der Waals surface area contributed by atoms with Crippen molar-refractivity contribution in [1.29, 1.82) is 0 Å². The van der Waals surface area contributed by atoms with E-state index in [1.165, 1.54) is 0 Å². The number of nitrogens with one attached hydrogen (secondary N) is 1. The Labute approximate surface area is 80.8 Å². The van der Waals surface area contributed by atoms with E-state index in [4.69, 9.17) is 16.9 Å². The van der Waals surface area contributed by atoms with Gasteiger partial charge in [0, 0.05) is 6.04 Å². The van der Waals surface area contributed by atoms with E-state index >= 15 is 0 Å². The third-order valence-corrected chi connectivity index (χ3v) is 2.73. The molecule has 0 atom stereocenters. The third-order valence-electron chi connectivity index (χ3n) is 2.42. The summed E-state index contributed by atoms with van der Waals surface area (Å²) in [5.74, 6) is 0. The van der Waals surface area contributed by atoms with Gasteiger partial charge in [0.2, 0.25) is 0 Å². The molecule has 0 amide bonds. The Balaban J connectivity index is 2.02. The van der Waals surface area contributed by atoms with Crippen LogP contribution < -0.4 is 4.84 Å². The van der Waals surface area contributed by atoms with Crippen molar-refractivity contribution in [1.82, 2.24) is 19.8 Å². The summed E-state index contributed by atoms with van der Waals surface area (Å²) in [5.41, 5.74) is 0.762. The van der Waals surface area contributed by atoms with Gasteiger partial charge in [-0.2, -0.15) is 0 Å². The topological polar surface area (TPSA) is 63.0 Å². The summed E-state index contributed by atoms with van der Waals surface area (Å²) < 4.78 is 1.77. The number of rotatable bonds is 3. The second-order valence-corrected chi connectivity index (χ2v) is 3.48. The van der Waals surface area contributed by atoms with Crippen LogP contribution in [0.2, 0.25) is 0 Å². The highest BCUT2D eigenvalue weighted by atomic mass is 35.5. The van der Waals surface area contributed by atoms with Crippen molar-refractivity contribution in [3.63, 3.8) is 0 Å². The van der Waals surface area contributed by atoms with E-state index in [2.05, 4.69) is 15.1 Å². The summed E-state index contributed by atoms with van der Waals surface area (Å²) in [6, 6.07) is 0.698. The number of hydrogen-bond acceptors (Lipinski definition) is 4. The fourth-order valence-corrected chi connectivity index (χ4v) is 1.74.